The fourth-order valence-corrected chi connectivity index (χ4v) is 3.25. The average Bonchev–Trinajstić information content (AvgIpc) is 2.88. The highest BCUT2D eigenvalue weighted by atomic mass is 15.2. The molecule has 1 atom stereocenters. The van der Waals surface area contributed by atoms with Gasteiger partial charge in [0, 0.05) is 37.4 Å². The fourth-order valence-electron chi connectivity index (χ4n) is 3.25. The Hall–Kier alpha value is -1.06. The molecule has 0 bridgehead atoms. The van der Waals surface area contributed by atoms with Gasteiger partial charge in [0.1, 0.15) is 0 Å². The number of rotatable bonds is 2. The molecule has 0 spiro atoms. The molecule has 2 heterocycles. The molecule has 2 aliphatic rings. The van der Waals surface area contributed by atoms with Crippen LogP contribution in [0.5, 0.6) is 0 Å². The van der Waals surface area contributed by atoms with Crippen LogP contribution < -0.4 is 10.2 Å². The number of hydrogen-bond acceptors (Lipinski definition) is 3. The monoisotopic (exact) mass is 259 g/mol. The first-order chi connectivity index (χ1) is 9.17. The predicted octanol–water partition coefficient (Wildman–Crippen LogP) is 2.04. The normalized spacial score (nSPS) is 28.8. The molecule has 2 aliphatic heterocycles. The summed E-state index contributed by atoms with van der Waals surface area (Å²) in [5.74, 6) is 0. The molecule has 0 aromatic heterocycles. The van der Waals surface area contributed by atoms with Gasteiger partial charge in [0.15, 0.2) is 0 Å². The lowest BCUT2D eigenvalue weighted by atomic mass is 9.90. The molecule has 0 aliphatic carbocycles. The summed E-state index contributed by atoms with van der Waals surface area (Å²) in [5.41, 5.74) is 3.02. The summed E-state index contributed by atoms with van der Waals surface area (Å²) >= 11 is 0. The average molecular weight is 259 g/mol. The topological polar surface area (TPSA) is 18.5 Å². The summed E-state index contributed by atoms with van der Waals surface area (Å²) in [6, 6.07) is 9.14. The number of benzene rings is 1. The third-order valence-electron chi connectivity index (χ3n) is 4.72. The van der Waals surface area contributed by atoms with Gasteiger partial charge in [-0.05, 0) is 51.1 Å². The highest BCUT2D eigenvalue weighted by Gasteiger charge is 2.30. The zero-order chi connectivity index (χ0) is 13.3. The lowest BCUT2D eigenvalue weighted by molar-refractivity contribution is 0.312. The molecule has 3 rings (SSSR count). The highest BCUT2D eigenvalue weighted by Crippen LogP contribution is 2.32. The van der Waals surface area contributed by atoms with E-state index in [0.29, 0.717) is 0 Å². The largest absolute Gasteiger partial charge is 0.369 e. The van der Waals surface area contributed by atoms with Crippen LogP contribution in [0.2, 0.25) is 0 Å². The van der Waals surface area contributed by atoms with Crippen molar-refractivity contribution in [1.29, 1.82) is 0 Å². The predicted molar refractivity (Wildman–Crippen MR) is 80.7 cm³/mol. The van der Waals surface area contributed by atoms with Crippen molar-refractivity contribution in [3.8, 4) is 0 Å². The molecule has 0 saturated carbocycles. The van der Waals surface area contributed by atoms with Gasteiger partial charge in [0.2, 0.25) is 0 Å². The van der Waals surface area contributed by atoms with Gasteiger partial charge in [-0.15, -0.1) is 0 Å². The van der Waals surface area contributed by atoms with Gasteiger partial charge in [-0.2, -0.15) is 0 Å². The molecule has 0 radical (unpaired) electrons. The molecule has 1 N–H and O–H groups in total. The Morgan fingerprint density at radius 3 is 2.63 bits per heavy atom. The van der Waals surface area contributed by atoms with Crippen molar-refractivity contribution in [2.45, 2.75) is 25.3 Å². The molecule has 3 heteroatoms. The smallest absolute Gasteiger partial charge is 0.0407 e. The Morgan fingerprint density at radius 2 is 1.95 bits per heavy atom. The van der Waals surface area contributed by atoms with E-state index in [4.69, 9.17) is 0 Å². The van der Waals surface area contributed by atoms with Crippen LogP contribution in [0.25, 0.3) is 0 Å². The zero-order valence-corrected chi connectivity index (χ0v) is 12.2. The number of nitrogens with zero attached hydrogens (tertiary/aromatic N) is 2. The van der Waals surface area contributed by atoms with E-state index in [9.17, 15) is 0 Å². The summed E-state index contributed by atoms with van der Waals surface area (Å²) < 4.78 is 0. The molecule has 0 amide bonds. The summed E-state index contributed by atoms with van der Waals surface area (Å²) in [6.45, 7) is 8.10. The highest BCUT2D eigenvalue weighted by molar-refractivity contribution is 5.50. The minimum Gasteiger partial charge on any atom is -0.369 e. The summed E-state index contributed by atoms with van der Waals surface area (Å²) in [7, 11) is 2.21. The van der Waals surface area contributed by atoms with Crippen LogP contribution in [-0.2, 0) is 5.54 Å². The van der Waals surface area contributed by atoms with Crippen LogP contribution in [0, 0.1) is 0 Å². The van der Waals surface area contributed by atoms with E-state index >= 15 is 0 Å². The summed E-state index contributed by atoms with van der Waals surface area (Å²) in [5, 5.41) is 3.66. The second kappa shape index (κ2) is 5.14. The molecule has 19 heavy (non-hydrogen) atoms. The van der Waals surface area contributed by atoms with Gasteiger partial charge in [0.25, 0.3) is 0 Å². The van der Waals surface area contributed by atoms with Crippen molar-refractivity contribution in [3.63, 3.8) is 0 Å². The van der Waals surface area contributed by atoms with E-state index in [1.54, 1.807) is 0 Å². The first kappa shape index (κ1) is 12.9. The van der Waals surface area contributed by atoms with Gasteiger partial charge in [-0.1, -0.05) is 12.1 Å². The quantitative estimate of drug-likeness (QED) is 0.877. The lowest BCUT2D eigenvalue weighted by Gasteiger charge is -2.35. The van der Waals surface area contributed by atoms with Crippen LogP contribution in [0.15, 0.2) is 24.3 Å². The van der Waals surface area contributed by atoms with Crippen molar-refractivity contribution < 1.29 is 0 Å². The molecule has 3 nitrogen and oxygen atoms in total. The maximum Gasteiger partial charge on any atom is 0.0407 e. The maximum atomic E-state index is 3.66. The molecular formula is C16H25N3. The van der Waals surface area contributed by atoms with Crippen molar-refractivity contribution in [3.05, 3.63) is 29.8 Å². The number of nitrogens with one attached hydrogen (secondary N) is 1. The van der Waals surface area contributed by atoms with E-state index in [1.165, 1.54) is 37.2 Å². The second-order valence-electron chi connectivity index (χ2n) is 6.20. The van der Waals surface area contributed by atoms with Crippen LogP contribution >= 0.6 is 0 Å². The number of piperazine rings is 1. The summed E-state index contributed by atoms with van der Waals surface area (Å²) in [4.78, 5) is 4.92. The van der Waals surface area contributed by atoms with Crippen molar-refractivity contribution in [2.24, 2.45) is 0 Å². The lowest BCUT2D eigenvalue weighted by Crippen LogP contribution is -2.44. The Morgan fingerprint density at radius 1 is 1.16 bits per heavy atom. The zero-order valence-electron chi connectivity index (χ0n) is 12.2. The van der Waals surface area contributed by atoms with Gasteiger partial charge in [-0.3, -0.25) is 0 Å². The number of hydrogen-bond donors (Lipinski definition) is 1. The van der Waals surface area contributed by atoms with Crippen molar-refractivity contribution in [1.82, 2.24) is 10.2 Å². The van der Waals surface area contributed by atoms with E-state index in [0.717, 1.165) is 19.6 Å². The van der Waals surface area contributed by atoms with Crippen LogP contribution in [0.4, 0.5) is 5.69 Å². The standard InChI is InChI=1S/C16H25N3/c1-16(7-4-8-17-16)14-5-3-6-15(13-14)19-11-9-18(2)10-12-19/h3,5-6,13,17H,4,7-12H2,1-2H3. The molecule has 1 aromatic carbocycles. The molecule has 2 fully saturated rings. The Balaban J connectivity index is 1.80. The number of anilines is 1. The fraction of sp³-hybridized carbons (Fsp3) is 0.625. The van der Waals surface area contributed by atoms with Gasteiger partial charge < -0.3 is 15.1 Å². The van der Waals surface area contributed by atoms with Crippen molar-refractivity contribution >= 4 is 5.69 Å². The van der Waals surface area contributed by atoms with E-state index in [1.807, 2.05) is 0 Å². The Kier molecular flexibility index (Phi) is 3.50. The van der Waals surface area contributed by atoms with Crippen LogP contribution in [0.1, 0.15) is 25.3 Å². The Bertz CT molecular complexity index is 429. The first-order valence-electron chi connectivity index (χ1n) is 7.46. The molecule has 2 saturated heterocycles. The first-order valence-corrected chi connectivity index (χ1v) is 7.46. The van der Waals surface area contributed by atoms with E-state index in [-0.39, 0.29) is 5.54 Å². The molecule has 1 unspecified atom stereocenters. The minimum absolute atomic E-state index is 0.183. The van der Waals surface area contributed by atoms with Crippen LogP contribution in [-0.4, -0.2) is 44.7 Å². The minimum atomic E-state index is 0.183. The maximum absolute atomic E-state index is 3.66. The summed E-state index contributed by atoms with van der Waals surface area (Å²) in [6.07, 6.45) is 2.54. The Labute approximate surface area is 116 Å². The van der Waals surface area contributed by atoms with E-state index in [2.05, 4.69) is 53.4 Å². The van der Waals surface area contributed by atoms with Gasteiger partial charge in [0.05, 0.1) is 0 Å². The molecular weight excluding hydrogens is 234 g/mol. The van der Waals surface area contributed by atoms with Crippen molar-refractivity contribution in [2.75, 3.05) is 44.7 Å². The van der Waals surface area contributed by atoms with Crippen LogP contribution in [0.3, 0.4) is 0 Å². The second-order valence-corrected chi connectivity index (χ2v) is 6.20. The number of likely N-dealkylation sites (N-methyl/N-ethyl adjacent to an activating group) is 1. The third kappa shape index (κ3) is 2.63. The molecule has 1 aromatic rings. The van der Waals surface area contributed by atoms with Gasteiger partial charge in [-0.25, -0.2) is 0 Å². The van der Waals surface area contributed by atoms with Gasteiger partial charge >= 0.3 is 0 Å². The SMILES string of the molecule is CN1CCN(c2cccc(C3(C)CCCN3)c2)CC1. The third-order valence-corrected chi connectivity index (χ3v) is 4.72. The molecule has 104 valence electrons. The van der Waals surface area contributed by atoms with E-state index < -0.39 is 0 Å².